The van der Waals surface area contributed by atoms with E-state index < -0.39 is 6.04 Å². The SMILES string of the molecule is C=C(SCC(NC(C)=O)C(C)=O)C(CS)NC(C)=O. The van der Waals surface area contributed by atoms with Crippen molar-refractivity contribution in [2.24, 2.45) is 0 Å². The second-order valence-electron chi connectivity index (χ2n) is 4.08. The summed E-state index contributed by atoms with van der Waals surface area (Å²) in [6, 6.07) is -0.798. The van der Waals surface area contributed by atoms with Gasteiger partial charge in [0.1, 0.15) is 0 Å². The molecule has 19 heavy (non-hydrogen) atoms. The third-order valence-electron chi connectivity index (χ3n) is 2.25. The maximum atomic E-state index is 11.4. The van der Waals surface area contributed by atoms with E-state index in [9.17, 15) is 14.4 Å². The van der Waals surface area contributed by atoms with Crippen molar-refractivity contribution in [3.63, 3.8) is 0 Å². The molecule has 7 heteroatoms. The molecule has 2 unspecified atom stereocenters. The van der Waals surface area contributed by atoms with Gasteiger partial charge in [0.2, 0.25) is 11.8 Å². The fourth-order valence-corrected chi connectivity index (χ4v) is 2.75. The van der Waals surface area contributed by atoms with Gasteiger partial charge in [-0.2, -0.15) is 12.6 Å². The molecule has 0 aromatic carbocycles. The summed E-state index contributed by atoms with van der Waals surface area (Å²) in [6.07, 6.45) is 0. The minimum absolute atomic E-state index is 0.113. The van der Waals surface area contributed by atoms with Crippen LogP contribution in [0.3, 0.4) is 0 Å². The van der Waals surface area contributed by atoms with E-state index in [2.05, 4.69) is 29.8 Å². The summed E-state index contributed by atoms with van der Waals surface area (Å²) in [4.78, 5) is 34.1. The van der Waals surface area contributed by atoms with Crippen LogP contribution in [0.1, 0.15) is 20.8 Å². The van der Waals surface area contributed by atoms with E-state index in [0.717, 1.165) is 0 Å². The Kier molecular flexibility index (Phi) is 8.58. The molecule has 0 saturated heterocycles. The molecule has 0 saturated carbocycles. The lowest BCUT2D eigenvalue weighted by Gasteiger charge is -2.20. The third-order valence-corrected chi connectivity index (χ3v) is 3.77. The lowest BCUT2D eigenvalue weighted by molar-refractivity contribution is -0.125. The van der Waals surface area contributed by atoms with Crippen LogP contribution in [0, 0.1) is 0 Å². The van der Waals surface area contributed by atoms with Crippen LogP contribution in [0.25, 0.3) is 0 Å². The maximum Gasteiger partial charge on any atom is 0.217 e. The molecule has 5 nitrogen and oxygen atoms in total. The normalized spacial score (nSPS) is 13.3. The first-order valence-electron chi connectivity index (χ1n) is 5.75. The van der Waals surface area contributed by atoms with E-state index in [0.29, 0.717) is 16.4 Å². The lowest BCUT2D eigenvalue weighted by Crippen LogP contribution is -2.41. The van der Waals surface area contributed by atoms with Crippen LogP contribution in [-0.2, 0) is 14.4 Å². The van der Waals surface area contributed by atoms with Crippen LogP contribution in [0.15, 0.2) is 11.5 Å². The van der Waals surface area contributed by atoms with Gasteiger partial charge in [-0.05, 0) is 6.92 Å². The summed E-state index contributed by atoms with van der Waals surface area (Å²) >= 11 is 5.48. The number of thiol groups is 1. The number of amides is 2. The molecule has 2 N–H and O–H groups in total. The largest absolute Gasteiger partial charge is 0.348 e. The van der Waals surface area contributed by atoms with Gasteiger partial charge in [0.15, 0.2) is 5.78 Å². The van der Waals surface area contributed by atoms with Crippen molar-refractivity contribution >= 4 is 42.0 Å². The molecule has 0 aliphatic carbocycles. The Labute approximate surface area is 123 Å². The van der Waals surface area contributed by atoms with E-state index in [1.165, 1.54) is 32.5 Å². The van der Waals surface area contributed by atoms with Gasteiger partial charge in [-0.1, -0.05) is 6.58 Å². The molecule has 2 atom stereocenters. The molecule has 0 rings (SSSR count). The van der Waals surface area contributed by atoms with E-state index >= 15 is 0 Å². The van der Waals surface area contributed by atoms with Crippen molar-refractivity contribution in [3.05, 3.63) is 11.5 Å². The number of carbonyl (C=O) groups is 3. The molecule has 0 aliphatic heterocycles. The second kappa shape index (κ2) is 9.03. The average molecular weight is 304 g/mol. The van der Waals surface area contributed by atoms with Gasteiger partial charge in [-0.3, -0.25) is 14.4 Å². The smallest absolute Gasteiger partial charge is 0.217 e. The summed E-state index contributed by atoms with van der Waals surface area (Å²) in [5.41, 5.74) is 0. The van der Waals surface area contributed by atoms with Crippen LogP contribution in [-0.4, -0.2) is 41.2 Å². The van der Waals surface area contributed by atoms with Gasteiger partial charge in [-0.25, -0.2) is 0 Å². The molecule has 0 bridgehead atoms. The molecule has 0 aliphatic rings. The van der Waals surface area contributed by atoms with E-state index in [1.807, 2.05) is 0 Å². The number of ketones is 1. The zero-order valence-electron chi connectivity index (χ0n) is 11.4. The fourth-order valence-electron chi connectivity index (χ4n) is 1.27. The molecule has 0 fully saturated rings. The Balaban J connectivity index is 4.41. The Morgan fingerprint density at radius 1 is 1.11 bits per heavy atom. The molecule has 2 amide bonds. The first-order chi connectivity index (χ1) is 8.77. The fraction of sp³-hybridized carbons (Fsp3) is 0.583. The van der Waals surface area contributed by atoms with Crippen LogP contribution in [0.5, 0.6) is 0 Å². The maximum absolute atomic E-state index is 11.4. The quantitative estimate of drug-likeness (QED) is 0.579. The molecular formula is C12H20N2O3S2. The predicted molar refractivity (Wildman–Crippen MR) is 81.3 cm³/mol. The van der Waals surface area contributed by atoms with Crippen molar-refractivity contribution in [2.45, 2.75) is 32.9 Å². The molecule has 0 aromatic rings. The van der Waals surface area contributed by atoms with Crippen molar-refractivity contribution in [3.8, 4) is 0 Å². The van der Waals surface area contributed by atoms with Crippen LogP contribution < -0.4 is 10.6 Å². The predicted octanol–water partition coefficient (Wildman–Crippen LogP) is 0.761. The van der Waals surface area contributed by atoms with Crippen molar-refractivity contribution in [2.75, 3.05) is 11.5 Å². The van der Waals surface area contributed by atoms with Gasteiger partial charge in [-0.15, -0.1) is 11.8 Å². The standard InChI is InChI=1S/C12H20N2O3S2/c1-7(15)12(14-10(4)17)6-19-8(2)11(5-18)13-9(3)16/h11-12,18H,2,5-6H2,1,3-4H3,(H,13,16)(H,14,17). The summed E-state index contributed by atoms with van der Waals surface area (Å²) in [5, 5.41) is 5.29. The number of nitrogens with one attached hydrogen (secondary N) is 2. The van der Waals surface area contributed by atoms with E-state index in [1.54, 1.807) is 0 Å². The van der Waals surface area contributed by atoms with E-state index in [-0.39, 0.29) is 23.6 Å². The number of carbonyl (C=O) groups excluding carboxylic acids is 3. The number of hydrogen-bond donors (Lipinski definition) is 3. The van der Waals surface area contributed by atoms with Crippen LogP contribution >= 0.6 is 24.4 Å². The highest BCUT2D eigenvalue weighted by Gasteiger charge is 2.18. The van der Waals surface area contributed by atoms with Gasteiger partial charge in [0.05, 0.1) is 12.1 Å². The van der Waals surface area contributed by atoms with Crippen LogP contribution in [0.2, 0.25) is 0 Å². The van der Waals surface area contributed by atoms with Gasteiger partial charge in [0.25, 0.3) is 0 Å². The summed E-state index contributed by atoms with van der Waals surface area (Å²) in [6.45, 7) is 8.07. The molecule has 0 heterocycles. The average Bonchev–Trinajstić information content (AvgIpc) is 2.29. The van der Waals surface area contributed by atoms with Crippen molar-refractivity contribution in [1.82, 2.24) is 10.6 Å². The minimum Gasteiger partial charge on any atom is -0.348 e. The molecule has 108 valence electrons. The Morgan fingerprint density at radius 2 is 1.58 bits per heavy atom. The van der Waals surface area contributed by atoms with Crippen molar-refractivity contribution in [1.29, 1.82) is 0 Å². The first-order valence-corrected chi connectivity index (χ1v) is 7.36. The highest BCUT2D eigenvalue weighted by molar-refractivity contribution is 8.03. The highest BCUT2D eigenvalue weighted by Crippen LogP contribution is 2.19. The Hall–Kier alpha value is -0.950. The monoisotopic (exact) mass is 304 g/mol. The van der Waals surface area contributed by atoms with E-state index in [4.69, 9.17) is 0 Å². The van der Waals surface area contributed by atoms with Gasteiger partial charge in [0, 0.05) is 30.3 Å². The lowest BCUT2D eigenvalue weighted by atomic mass is 10.2. The number of Topliss-reactive ketones (excluding diaryl/α,β-unsaturated/α-hetero) is 1. The number of thioether (sulfide) groups is 1. The van der Waals surface area contributed by atoms with Gasteiger partial charge < -0.3 is 10.6 Å². The van der Waals surface area contributed by atoms with Crippen molar-refractivity contribution < 1.29 is 14.4 Å². The number of rotatable bonds is 8. The Morgan fingerprint density at radius 3 is 1.95 bits per heavy atom. The first kappa shape index (κ1) is 18.0. The zero-order valence-corrected chi connectivity index (χ0v) is 13.1. The van der Waals surface area contributed by atoms with Gasteiger partial charge >= 0.3 is 0 Å². The third kappa shape index (κ3) is 7.94. The second-order valence-corrected chi connectivity index (χ2v) is 5.59. The topological polar surface area (TPSA) is 75.3 Å². The summed E-state index contributed by atoms with van der Waals surface area (Å²) in [7, 11) is 0. The minimum atomic E-state index is -0.544. The highest BCUT2D eigenvalue weighted by atomic mass is 32.2. The molecule has 0 aromatic heterocycles. The van der Waals surface area contributed by atoms with Crippen LogP contribution in [0.4, 0.5) is 0 Å². The summed E-state index contributed by atoms with van der Waals surface area (Å²) in [5.74, 6) is 0.288. The number of hydrogen-bond acceptors (Lipinski definition) is 5. The Bertz CT molecular complexity index is 372. The molecule has 0 spiro atoms. The molecular weight excluding hydrogens is 284 g/mol. The molecule has 0 radical (unpaired) electrons. The zero-order chi connectivity index (χ0) is 15.0. The summed E-state index contributed by atoms with van der Waals surface area (Å²) < 4.78 is 0.